The number of nitrogens with one attached hydrogen (secondary N) is 2. The second-order valence-corrected chi connectivity index (χ2v) is 5.46. The number of urea groups is 1. The van der Waals surface area contributed by atoms with Crippen molar-refractivity contribution in [2.45, 2.75) is 6.61 Å². The van der Waals surface area contributed by atoms with Crippen molar-refractivity contribution in [3.8, 4) is 11.5 Å². The molecule has 0 spiro atoms. The van der Waals surface area contributed by atoms with Crippen LogP contribution in [0.3, 0.4) is 0 Å². The van der Waals surface area contributed by atoms with E-state index >= 15 is 0 Å². The molecular weight excluding hydrogens is 330 g/mol. The lowest BCUT2D eigenvalue weighted by Crippen LogP contribution is -2.19. The third-order valence-corrected chi connectivity index (χ3v) is 3.56. The molecule has 26 heavy (non-hydrogen) atoms. The van der Waals surface area contributed by atoms with Gasteiger partial charge in [-0.15, -0.1) is 0 Å². The number of pyridine rings is 1. The Morgan fingerprint density at radius 2 is 1.81 bits per heavy atom. The highest BCUT2D eigenvalue weighted by Crippen LogP contribution is 2.19. The molecule has 132 valence electrons. The number of hydrogen-bond donors (Lipinski definition) is 2. The van der Waals surface area contributed by atoms with Crippen LogP contribution in [-0.2, 0) is 6.61 Å². The van der Waals surface area contributed by atoms with Crippen LogP contribution in [0.2, 0.25) is 0 Å². The molecule has 2 aromatic carbocycles. The van der Waals surface area contributed by atoms with Gasteiger partial charge in [0, 0.05) is 18.0 Å². The van der Waals surface area contributed by atoms with E-state index in [9.17, 15) is 4.79 Å². The molecule has 0 aliphatic carbocycles. The molecule has 2 amide bonds. The van der Waals surface area contributed by atoms with Crippen molar-refractivity contribution in [1.29, 1.82) is 0 Å². The van der Waals surface area contributed by atoms with E-state index in [0.717, 1.165) is 11.3 Å². The summed E-state index contributed by atoms with van der Waals surface area (Å²) in [7, 11) is 1.63. The summed E-state index contributed by atoms with van der Waals surface area (Å²) in [5.74, 6) is 1.95. The van der Waals surface area contributed by atoms with Crippen molar-refractivity contribution in [3.63, 3.8) is 0 Å². The van der Waals surface area contributed by atoms with E-state index in [0.29, 0.717) is 23.9 Å². The quantitative estimate of drug-likeness (QED) is 0.695. The summed E-state index contributed by atoms with van der Waals surface area (Å²) in [6.07, 6.45) is 1.61. The van der Waals surface area contributed by atoms with Crippen molar-refractivity contribution in [2.24, 2.45) is 0 Å². The normalized spacial score (nSPS) is 10.0. The van der Waals surface area contributed by atoms with Gasteiger partial charge in [-0.1, -0.05) is 24.3 Å². The van der Waals surface area contributed by atoms with Gasteiger partial charge in [0.25, 0.3) is 0 Å². The lowest BCUT2D eigenvalue weighted by molar-refractivity contribution is 0.262. The minimum absolute atomic E-state index is 0.365. The first-order chi connectivity index (χ1) is 12.7. The van der Waals surface area contributed by atoms with Crippen molar-refractivity contribution >= 4 is 17.5 Å². The monoisotopic (exact) mass is 349 g/mol. The Morgan fingerprint density at radius 3 is 2.54 bits per heavy atom. The van der Waals surface area contributed by atoms with Crippen molar-refractivity contribution in [3.05, 3.63) is 78.5 Å². The van der Waals surface area contributed by atoms with E-state index in [-0.39, 0.29) is 6.03 Å². The second-order valence-electron chi connectivity index (χ2n) is 5.46. The molecule has 0 radical (unpaired) electrons. The predicted molar refractivity (Wildman–Crippen MR) is 101 cm³/mol. The fraction of sp³-hybridized carbons (Fsp3) is 0.100. The van der Waals surface area contributed by atoms with Gasteiger partial charge in [0.1, 0.15) is 23.9 Å². The van der Waals surface area contributed by atoms with Gasteiger partial charge in [-0.2, -0.15) is 0 Å². The lowest BCUT2D eigenvalue weighted by Gasteiger charge is -2.10. The summed E-state index contributed by atoms with van der Waals surface area (Å²) in [5, 5.41) is 5.42. The van der Waals surface area contributed by atoms with Crippen LogP contribution in [-0.4, -0.2) is 18.1 Å². The standard InChI is InChI=1S/C20H19N3O3/c1-25-17-10-8-15(9-11-17)14-26-18-6-4-5-16(13-18)22-20(24)23-19-7-2-3-12-21-19/h2-13H,14H2,1H3,(H2,21,22,23,24). The van der Waals surface area contributed by atoms with Gasteiger partial charge in [0.05, 0.1) is 7.11 Å². The molecule has 0 saturated heterocycles. The summed E-state index contributed by atoms with van der Waals surface area (Å²) in [4.78, 5) is 16.1. The number of carbonyl (C=O) groups is 1. The average Bonchev–Trinajstić information content (AvgIpc) is 2.68. The van der Waals surface area contributed by atoms with E-state index in [4.69, 9.17) is 9.47 Å². The van der Waals surface area contributed by atoms with Crippen LogP contribution in [0.4, 0.5) is 16.3 Å². The molecule has 3 rings (SSSR count). The Labute approximate surface area is 151 Å². The van der Waals surface area contributed by atoms with E-state index < -0.39 is 0 Å². The molecule has 0 fully saturated rings. The van der Waals surface area contributed by atoms with Crippen LogP contribution >= 0.6 is 0 Å². The average molecular weight is 349 g/mol. The van der Waals surface area contributed by atoms with Crippen LogP contribution in [0, 0.1) is 0 Å². The number of carbonyl (C=O) groups excluding carboxylic acids is 1. The molecular formula is C20H19N3O3. The maximum absolute atomic E-state index is 12.0. The first-order valence-electron chi connectivity index (χ1n) is 8.08. The van der Waals surface area contributed by atoms with Gasteiger partial charge in [-0.3, -0.25) is 5.32 Å². The maximum Gasteiger partial charge on any atom is 0.324 e. The van der Waals surface area contributed by atoms with E-state index in [1.165, 1.54) is 0 Å². The Balaban J connectivity index is 1.56. The maximum atomic E-state index is 12.0. The van der Waals surface area contributed by atoms with Crippen molar-refractivity contribution in [1.82, 2.24) is 4.98 Å². The van der Waals surface area contributed by atoms with E-state index in [1.807, 2.05) is 36.4 Å². The molecule has 6 heteroatoms. The molecule has 0 atom stereocenters. The molecule has 2 N–H and O–H groups in total. The number of ether oxygens (including phenoxy) is 2. The molecule has 3 aromatic rings. The third-order valence-electron chi connectivity index (χ3n) is 3.56. The number of methoxy groups -OCH3 is 1. The number of aromatic nitrogens is 1. The first-order valence-corrected chi connectivity index (χ1v) is 8.08. The summed E-state index contributed by atoms with van der Waals surface area (Å²) in [5.41, 5.74) is 1.66. The molecule has 0 saturated carbocycles. The number of anilines is 2. The molecule has 1 heterocycles. The Bertz CT molecular complexity index is 852. The van der Waals surface area contributed by atoms with Gasteiger partial charge < -0.3 is 14.8 Å². The summed E-state index contributed by atoms with van der Waals surface area (Å²) in [6.45, 7) is 0.424. The Morgan fingerprint density at radius 1 is 0.962 bits per heavy atom. The molecule has 0 aliphatic heterocycles. The predicted octanol–water partition coefficient (Wildman–Crippen LogP) is 4.31. The first kappa shape index (κ1) is 17.3. The van der Waals surface area contributed by atoms with Crippen LogP contribution in [0.1, 0.15) is 5.56 Å². The SMILES string of the molecule is COc1ccc(COc2cccc(NC(=O)Nc3ccccn3)c2)cc1. The van der Waals surface area contributed by atoms with Gasteiger partial charge in [-0.25, -0.2) is 9.78 Å². The highest BCUT2D eigenvalue weighted by atomic mass is 16.5. The number of amides is 2. The lowest BCUT2D eigenvalue weighted by atomic mass is 10.2. The van der Waals surface area contributed by atoms with Gasteiger partial charge in [0.15, 0.2) is 0 Å². The van der Waals surface area contributed by atoms with E-state index in [1.54, 1.807) is 43.6 Å². The van der Waals surface area contributed by atoms with Crippen LogP contribution in [0.25, 0.3) is 0 Å². The molecule has 0 aliphatic rings. The number of benzene rings is 2. The highest BCUT2D eigenvalue weighted by Gasteiger charge is 2.04. The molecule has 1 aromatic heterocycles. The fourth-order valence-electron chi connectivity index (χ4n) is 2.27. The minimum atomic E-state index is -0.365. The van der Waals surface area contributed by atoms with Gasteiger partial charge in [-0.05, 0) is 42.0 Å². The van der Waals surface area contributed by atoms with Crippen LogP contribution in [0.5, 0.6) is 11.5 Å². The number of hydrogen-bond acceptors (Lipinski definition) is 4. The zero-order valence-electron chi connectivity index (χ0n) is 14.3. The molecule has 6 nitrogen and oxygen atoms in total. The van der Waals surface area contributed by atoms with E-state index in [2.05, 4.69) is 15.6 Å². The zero-order chi connectivity index (χ0) is 18.2. The topological polar surface area (TPSA) is 72.5 Å². The third kappa shape index (κ3) is 4.98. The highest BCUT2D eigenvalue weighted by molar-refractivity contribution is 5.99. The van der Waals surface area contributed by atoms with Crippen LogP contribution < -0.4 is 20.1 Å². The molecule has 0 unspecified atom stereocenters. The summed E-state index contributed by atoms with van der Waals surface area (Å²) < 4.78 is 10.9. The largest absolute Gasteiger partial charge is 0.497 e. The minimum Gasteiger partial charge on any atom is -0.497 e. The van der Waals surface area contributed by atoms with Crippen LogP contribution in [0.15, 0.2) is 72.9 Å². The second kappa shape index (κ2) is 8.53. The molecule has 0 bridgehead atoms. The summed E-state index contributed by atoms with van der Waals surface area (Å²) in [6, 6.07) is 19.8. The number of rotatable bonds is 6. The number of nitrogens with zero attached hydrogens (tertiary/aromatic N) is 1. The smallest absolute Gasteiger partial charge is 0.324 e. The fourth-order valence-corrected chi connectivity index (χ4v) is 2.27. The summed E-state index contributed by atoms with van der Waals surface area (Å²) >= 11 is 0. The Hall–Kier alpha value is -3.54. The van der Waals surface area contributed by atoms with Gasteiger partial charge >= 0.3 is 6.03 Å². The van der Waals surface area contributed by atoms with Gasteiger partial charge in [0.2, 0.25) is 0 Å². The van der Waals surface area contributed by atoms with Crippen molar-refractivity contribution in [2.75, 3.05) is 17.7 Å². The van der Waals surface area contributed by atoms with Crippen molar-refractivity contribution < 1.29 is 14.3 Å². The Kier molecular flexibility index (Phi) is 5.67. The zero-order valence-corrected chi connectivity index (χ0v) is 14.3.